The Morgan fingerprint density at radius 1 is 0.800 bits per heavy atom. The van der Waals surface area contributed by atoms with Gasteiger partial charge in [0.15, 0.2) is 0 Å². The van der Waals surface area contributed by atoms with Gasteiger partial charge in [0, 0.05) is 26.2 Å². The molecular formula is C18H18F4N2O4S2. The van der Waals surface area contributed by atoms with Crippen molar-refractivity contribution in [3.05, 3.63) is 54.3 Å². The highest BCUT2D eigenvalue weighted by Gasteiger charge is 2.48. The third-order valence-corrected chi connectivity index (χ3v) is 8.15. The van der Waals surface area contributed by atoms with Crippen LogP contribution in [0.1, 0.15) is 6.42 Å². The van der Waals surface area contributed by atoms with Crippen molar-refractivity contribution in [2.75, 3.05) is 31.1 Å². The molecule has 0 saturated carbocycles. The van der Waals surface area contributed by atoms with Gasteiger partial charge in [0.1, 0.15) is 5.82 Å². The number of benzene rings is 2. The van der Waals surface area contributed by atoms with E-state index in [0.29, 0.717) is 0 Å². The van der Waals surface area contributed by atoms with E-state index in [4.69, 9.17) is 0 Å². The van der Waals surface area contributed by atoms with E-state index in [2.05, 4.69) is 0 Å². The first kappa shape index (κ1) is 22.5. The molecule has 30 heavy (non-hydrogen) atoms. The van der Waals surface area contributed by atoms with Crippen LogP contribution < -0.4 is 4.90 Å². The van der Waals surface area contributed by atoms with E-state index in [1.165, 1.54) is 23.1 Å². The maximum absolute atomic E-state index is 13.1. The van der Waals surface area contributed by atoms with Gasteiger partial charge in [-0.25, -0.2) is 21.2 Å². The zero-order valence-electron chi connectivity index (χ0n) is 15.5. The number of halogens is 4. The first-order valence-electron chi connectivity index (χ1n) is 8.85. The monoisotopic (exact) mass is 466 g/mol. The molecule has 1 aliphatic heterocycles. The van der Waals surface area contributed by atoms with Crippen LogP contribution in [-0.4, -0.2) is 52.8 Å². The summed E-state index contributed by atoms with van der Waals surface area (Å²) in [5.41, 5.74) is -5.58. The summed E-state index contributed by atoms with van der Waals surface area (Å²) in [6.45, 7) is 0.176. The summed E-state index contributed by atoms with van der Waals surface area (Å²) in [6, 6.07) is 9.09. The molecule has 0 N–H and O–H groups in total. The molecule has 1 heterocycles. The van der Waals surface area contributed by atoms with Crippen LogP contribution in [0.5, 0.6) is 0 Å². The van der Waals surface area contributed by atoms with Crippen LogP contribution in [0, 0.1) is 5.82 Å². The second-order valence-electron chi connectivity index (χ2n) is 6.62. The van der Waals surface area contributed by atoms with Gasteiger partial charge in [-0.05, 0) is 42.8 Å². The molecule has 0 bridgehead atoms. The first-order valence-corrected chi connectivity index (χ1v) is 11.8. The lowest BCUT2D eigenvalue weighted by Gasteiger charge is -2.26. The third kappa shape index (κ3) is 4.30. The summed E-state index contributed by atoms with van der Waals surface area (Å²) in [4.78, 5) is 0.462. The van der Waals surface area contributed by atoms with E-state index in [-0.39, 0.29) is 43.2 Å². The molecule has 1 fully saturated rings. The fourth-order valence-corrected chi connectivity index (χ4v) is 5.65. The Balaban J connectivity index is 1.87. The summed E-state index contributed by atoms with van der Waals surface area (Å²) < 4.78 is 103. The largest absolute Gasteiger partial charge is 0.501 e. The SMILES string of the molecule is O=S(=O)(c1ccc(F)cc1)N1CCCN(c2ccccc2S(=O)(=O)C(F)(F)F)CC1. The fourth-order valence-electron chi connectivity index (χ4n) is 3.20. The third-order valence-electron chi connectivity index (χ3n) is 4.71. The van der Waals surface area contributed by atoms with Crippen molar-refractivity contribution in [3.63, 3.8) is 0 Å². The molecule has 2 aromatic rings. The molecule has 0 atom stereocenters. The van der Waals surface area contributed by atoms with Crippen LogP contribution in [0.2, 0.25) is 0 Å². The Kier molecular flexibility index (Phi) is 6.12. The second-order valence-corrected chi connectivity index (χ2v) is 10.5. The van der Waals surface area contributed by atoms with Gasteiger partial charge in [0.2, 0.25) is 10.0 Å². The Morgan fingerprint density at radius 2 is 1.43 bits per heavy atom. The van der Waals surface area contributed by atoms with Crippen LogP contribution in [-0.2, 0) is 19.9 Å². The Morgan fingerprint density at radius 3 is 2.07 bits per heavy atom. The molecule has 3 rings (SSSR count). The van der Waals surface area contributed by atoms with E-state index in [9.17, 15) is 34.4 Å². The van der Waals surface area contributed by atoms with Crippen molar-refractivity contribution >= 4 is 25.5 Å². The number of rotatable bonds is 4. The molecule has 0 aromatic heterocycles. The van der Waals surface area contributed by atoms with Crippen LogP contribution in [0.25, 0.3) is 0 Å². The highest BCUT2D eigenvalue weighted by atomic mass is 32.2. The number of para-hydroxylation sites is 1. The molecular weight excluding hydrogens is 448 g/mol. The van der Waals surface area contributed by atoms with Crippen LogP contribution >= 0.6 is 0 Å². The lowest BCUT2D eigenvalue weighted by molar-refractivity contribution is -0.0435. The average Bonchev–Trinajstić information content (AvgIpc) is 2.94. The number of alkyl halides is 3. The number of sulfone groups is 1. The van der Waals surface area contributed by atoms with Gasteiger partial charge in [-0.15, -0.1) is 0 Å². The number of anilines is 1. The Labute approximate surface area is 171 Å². The van der Waals surface area contributed by atoms with E-state index in [1.807, 2.05) is 0 Å². The van der Waals surface area contributed by atoms with Gasteiger partial charge < -0.3 is 4.90 Å². The molecule has 1 saturated heterocycles. The molecule has 1 aliphatic rings. The molecule has 164 valence electrons. The van der Waals surface area contributed by atoms with Crippen molar-refractivity contribution in [1.29, 1.82) is 0 Å². The Bertz CT molecular complexity index is 1120. The van der Waals surface area contributed by atoms with E-state index < -0.39 is 36.1 Å². The maximum atomic E-state index is 13.1. The van der Waals surface area contributed by atoms with Gasteiger partial charge in [-0.2, -0.15) is 17.5 Å². The highest BCUT2D eigenvalue weighted by molar-refractivity contribution is 7.92. The van der Waals surface area contributed by atoms with Crippen molar-refractivity contribution in [3.8, 4) is 0 Å². The maximum Gasteiger partial charge on any atom is 0.501 e. The highest BCUT2D eigenvalue weighted by Crippen LogP contribution is 2.36. The molecule has 0 unspecified atom stereocenters. The van der Waals surface area contributed by atoms with Crippen molar-refractivity contribution in [1.82, 2.24) is 4.31 Å². The molecule has 0 spiro atoms. The second kappa shape index (κ2) is 8.16. The summed E-state index contributed by atoms with van der Waals surface area (Å²) in [7, 11) is -9.49. The lowest BCUT2D eigenvalue weighted by atomic mass is 10.2. The number of sulfonamides is 1. The molecule has 6 nitrogen and oxygen atoms in total. The first-order chi connectivity index (χ1) is 13.9. The number of hydrogen-bond acceptors (Lipinski definition) is 5. The van der Waals surface area contributed by atoms with Crippen molar-refractivity contribution in [2.45, 2.75) is 21.7 Å². The lowest BCUT2D eigenvalue weighted by Crippen LogP contribution is -2.35. The van der Waals surface area contributed by atoms with E-state index >= 15 is 0 Å². The van der Waals surface area contributed by atoms with Crippen LogP contribution in [0.15, 0.2) is 58.3 Å². The molecule has 0 radical (unpaired) electrons. The zero-order chi connectivity index (χ0) is 22.2. The molecule has 12 heteroatoms. The van der Waals surface area contributed by atoms with Gasteiger partial charge >= 0.3 is 5.51 Å². The zero-order valence-corrected chi connectivity index (χ0v) is 17.1. The topological polar surface area (TPSA) is 74.8 Å². The summed E-state index contributed by atoms with van der Waals surface area (Å²) in [6.07, 6.45) is 0.265. The van der Waals surface area contributed by atoms with Crippen molar-refractivity contribution < 1.29 is 34.4 Å². The van der Waals surface area contributed by atoms with Gasteiger partial charge in [0.05, 0.1) is 15.5 Å². The summed E-state index contributed by atoms with van der Waals surface area (Å²) >= 11 is 0. The van der Waals surface area contributed by atoms with Crippen molar-refractivity contribution in [2.24, 2.45) is 0 Å². The molecule has 2 aromatic carbocycles. The standard InChI is InChI=1S/C18H18F4N2O4S2/c19-14-6-8-15(9-7-14)30(27,28)24-11-3-10-23(12-13-24)16-4-1-2-5-17(16)29(25,26)18(20,21)22/h1-2,4-9H,3,10-13H2. The fraction of sp³-hybridized carbons (Fsp3) is 0.333. The van der Waals surface area contributed by atoms with Crippen LogP contribution in [0.3, 0.4) is 0 Å². The van der Waals surface area contributed by atoms with Gasteiger partial charge in [-0.3, -0.25) is 0 Å². The predicted molar refractivity (Wildman–Crippen MR) is 102 cm³/mol. The number of nitrogens with zero attached hydrogens (tertiary/aromatic N) is 2. The molecule has 0 amide bonds. The van der Waals surface area contributed by atoms with Gasteiger partial charge in [0.25, 0.3) is 9.84 Å². The van der Waals surface area contributed by atoms with E-state index in [0.717, 1.165) is 34.6 Å². The quantitative estimate of drug-likeness (QED) is 0.648. The summed E-state index contributed by atoms with van der Waals surface area (Å²) in [5.74, 6) is -0.585. The Hall–Kier alpha value is -2.18. The average molecular weight is 466 g/mol. The minimum atomic E-state index is -5.57. The van der Waals surface area contributed by atoms with E-state index in [1.54, 1.807) is 0 Å². The molecule has 0 aliphatic carbocycles. The number of hydrogen-bond donors (Lipinski definition) is 0. The smallest absolute Gasteiger partial charge is 0.369 e. The summed E-state index contributed by atoms with van der Waals surface area (Å²) in [5, 5.41) is 0. The van der Waals surface area contributed by atoms with Gasteiger partial charge in [-0.1, -0.05) is 12.1 Å². The minimum Gasteiger partial charge on any atom is -0.369 e. The normalized spacial score (nSPS) is 17.0. The minimum absolute atomic E-state index is 0.00911. The predicted octanol–water partition coefficient (Wildman–Crippen LogP) is 3.02. The van der Waals surface area contributed by atoms with Crippen LogP contribution in [0.4, 0.5) is 23.2 Å².